The molecule has 0 aliphatic carbocycles. The lowest BCUT2D eigenvalue weighted by molar-refractivity contribution is -0.141. The maximum absolute atomic E-state index is 15.2. The number of hydrazine groups is 1. The van der Waals surface area contributed by atoms with Crippen LogP contribution in [0.2, 0.25) is 0 Å². The van der Waals surface area contributed by atoms with E-state index >= 15 is 4.39 Å². The van der Waals surface area contributed by atoms with Crippen LogP contribution >= 0.6 is 0 Å². The number of carbonyl (C=O) groups excluding carboxylic acids is 2. The second kappa shape index (κ2) is 10.9. The molecule has 5 rings (SSSR count). The maximum atomic E-state index is 15.2. The van der Waals surface area contributed by atoms with Gasteiger partial charge in [-0.25, -0.2) is 19.2 Å². The van der Waals surface area contributed by atoms with E-state index in [0.717, 1.165) is 0 Å². The van der Waals surface area contributed by atoms with Crippen molar-refractivity contribution in [2.24, 2.45) is 17.6 Å². The van der Waals surface area contributed by atoms with Gasteiger partial charge < -0.3 is 26.0 Å². The summed E-state index contributed by atoms with van der Waals surface area (Å²) in [5.41, 5.74) is 9.16. The van der Waals surface area contributed by atoms with E-state index in [-0.39, 0.29) is 37.4 Å². The molecule has 5 heterocycles. The molecule has 0 spiro atoms. The van der Waals surface area contributed by atoms with Crippen LogP contribution in [0.4, 0.5) is 8.78 Å². The number of rotatable bonds is 4. The largest absolute Gasteiger partial charge is 0.378 e. The Morgan fingerprint density at radius 3 is 2.51 bits per heavy atom. The average molecular weight is 501 g/mol. The summed E-state index contributed by atoms with van der Waals surface area (Å²) in [6, 6.07) is -0.910. The van der Waals surface area contributed by atoms with E-state index in [4.69, 9.17) is 10.5 Å². The van der Waals surface area contributed by atoms with Crippen molar-refractivity contribution in [2.45, 2.75) is 49.6 Å². The van der Waals surface area contributed by atoms with Crippen molar-refractivity contribution in [1.29, 1.82) is 0 Å². The highest BCUT2D eigenvalue weighted by molar-refractivity contribution is 5.81. The third kappa shape index (κ3) is 5.31. The number of piperidine rings is 2. The van der Waals surface area contributed by atoms with Crippen molar-refractivity contribution in [3.63, 3.8) is 0 Å². The number of nitrogens with one attached hydrogen (secondary N) is 4. The molecule has 35 heavy (non-hydrogen) atoms. The molecular weight excluding hydrogens is 462 g/mol. The van der Waals surface area contributed by atoms with Crippen molar-refractivity contribution in [2.75, 3.05) is 65.6 Å². The lowest BCUT2D eigenvalue weighted by atomic mass is 9.89. The van der Waals surface area contributed by atoms with Gasteiger partial charge in [-0.3, -0.25) is 19.8 Å². The fourth-order valence-electron chi connectivity index (χ4n) is 6.23. The van der Waals surface area contributed by atoms with Gasteiger partial charge in [0, 0.05) is 45.2 Å². The zero-order valence-corrected chi connectivity index (χ0v) is 20.0. The quantitative estimate of drug-likeness (QED) is 0.281. The predicted molar refractivity (Wildman–Crippen MR) is 123 cm³/mol. The van der Waals surface area contributed by atoms with Gasteiger partial charge in [-0.15, -0.1) is 0 Å². The summed E-state index contributed by atoms with van der Waals surface area (Å²) in [6.07, 6.45) is -1.89. The van der Waals surface area contributed by atoms with E-state index in [1.54, 1.807) is 5.01 Å². The lowest BCUT2D eigenvalue weighted by Gasteiger charge is -2.45. The number of amides is 2. The number of likely N-dealkylation sites (tertiary alicyclic amines) is 1. The molecule has 13 heteroatoms. The van der Waals surface area contributed by atoms with E-state index in [1.165, 1.54) is 0 Å². The molecule has 2 amide bonds. The van der Waals surface area contributed by atoms with Crippen LogP contribution in [0.5, 0.6) is 0 Å². The first-order valence-electron chi connectivity index (χ1n) is 12.8. The van der Waals surface area contributed by atoms with Crippen LogP contribution in [0, 0.1) is 11.8 Å². The molecule has 0 aromatic heterocycles. The maximum Gasteiger partial charge on any atom is 0.229 e. The number of morpholine rings is 1. The molecule has 7 unspecified atom stereocenters. The first kappa shape index (κ1) is 25.2. The van der Waals surface area contributed by atoms with E-state index in [9.17, 15) is 14.0 Å². The van der Waals surface area contributed by atoms with Crippen LogP contribution < -0.4 is 27.1 Å². The van der Waals surface area contributed by atoms with E-state index in [1.807, 2.05) is 4.90 Å². The molecule has 198 valence electrons. The highest BCUT2D eigenvalue weighted by Crippen LogP contribution is 2.27. The standard InChI is InChI=1S/C22H38F2N8O3/c23-14-9-27-20-17(19(25)29-32(20)12-14)21(33)28-16-11-26-10-15(24)18(16)30-3-1-13(2-4-30)22(34)31-5-7-35-8-6-31/h13-20,26-27,29H,1-12,25H2,(H,28,33). The van der Waals surface area contributed by atoms with Gasteiger partial charge in [-0.05, 0) is 25.9 Å². The first-order chi connectivity index (χ1) is 16.9. The second-order valence-corrected chi connectivity index (χ2v) is 10.3. The molecule has 0 aromatic rings. The summed E-state index contributed by atoms with van der Waals surface area (Å²) in [6.45, 7) is 4.64. The SMILES string of the molecule is NC1NN2CC(F)CNC2C1C(=O)NC1CNCC(F)C1N1CCC(C(=O)N2CCOCC2)CC1. The predicted octanol–water partition coefficient (Wildman–Crippen LogP) is -2.66. The number of alkyl halides is 2. The number of nitrogens with two attached hydrogens (primary N) is 1. The summed E-state index contributed by atoms with van der Waals surface area (Å²) in [4.78, 5) is 30.1. The molecule has 0 radical (unpaired) electrons. The molecule has 0 aromatic carbocycles. The van der Waals surface area contributed by atoms with Crippen LogP contribution in [0.25, 0.3) is 0 Å². The van der Waals surface area contributed by atoms with E-state index in [0.29, 0.717) is 58.8 Å². The van der Waals surface area contributed by atoms with Crippen molar-refractivity contribution >= 4 is 11.8 Å². The number of carbonyl (C=O) groups is 2. The minimum absolute atomic E-state index is 0.0533. The van der Waals surface area contributed by atoms with Gasteiger partial charge in [0.15, 0.2) is 0 Å². The normalized spacial score (nSPS) is 39.9. The molecule has 5 aliphatic rings. The van der Waals surface area contributed by atoms with Gasteiger partial charge >= 0.3 is 0 Å². The van der Waals surface area contributed by atoms with E-state index < -0.39 is 42.7 Å². The Morgan fingerprint density at radius 2 is 1.77 bits per heavy atom. The summed E-state index contributed by atoms with van der Waals surface area (Å²) < 4.78 is 34.3. The number of ether oxygens (including phenoxy) is 1. The van der Waals surface area contributed by atoms with Crippen molar-refractivity contribution in [3.05, 3.63) is 0 Å². The molecule has 5 aliphatic heterocycles. The minimum Gasteiger partial charge on any atom is -0.378 e. The fourth-order valence-corrected chi connectivity index (χ4v) is 6.23. The minimum atomic E-state index is -1.15. The van der Waals surface area contributed by atoms with Crippen molar-refractivity contribution in [3.8, 4) is 0 Å². The fraction of sp³-hybridized carbons (Fsp3) is 0.909. The Morgan fingerprint density at radius 1 is 1.03 bits per heavy atom. The van der Waals surface area contributed by atoms with Gasteiger partial charge in [0.05, 0.1) is 43.5 Å². The summed E-state index contributed by atoms with van der Waals surface area (Å²) in [7, 11) is 0. The van der Waals surface area contributed by atoms with Crippen LogP contribution in [0.3, 0.4) is 0 Å². The average Bonchev–Trinajstić information content (AvgIpc) is 3.19. The Labute approximate surface area is 204 Å². The Hall–Kier alpha value is -1.48. The number of nitrogens with zero attached hydrogens (tertiary/aromatic N) is 3. The van der Waals surface area contributed by atoms with Gasteiger partial charge in [-0.1, -0.05) is 0 Å². The van der Waals surface area contributed by atoms with Gasteiger partial charge in [0.1, 0.15) is 12.3 Å². The van der Waals surface area contributed by atoms with Gasteiger partial charge in [0.2, 0.25) is 11.8 Å². The van der Waals surface area contributed by atoms with Gasteiger partial charge in [-0.2, -0.15) is 0 Å². The van der Waals surface area contributed by atoms with Crippen LogP contribution in [0.1, 0.15) is 12.8 Å². The molecule has 11 nitrogen and oxygen atoms in total. The Bertz CT molecular complexity index is 767. The third-order valence-electron chi connectivity index (χ3n) is 8.06. The molecule has 6 N–H and O–H groups in total. The smallest absolute Gasteiger partial charge is 0.229 e. The molecule has 0 saturated carbocycles. The number of fused-ring (bicyclic) bond motifs is 1. The summed E-state index contributed by atoms with van der Waals surface area (Å²) in [5, 5.41) is 10.8. The highest BCUT2D eigenvalue weighted by atomic mass is 19.1. The topological polar surface area (TPSA) is 127 Å². The molecule has 5 saturated heterocycles. The van der Waals surface area contributed by atoms with Gasteiger partial charge in [0.25, 0.3) is 0 Å². The second-order valence-electron chi connectivity index (χ2n) is 10.3. The Balaban J connectivity index is 1.19. The number of hydrogen-bond donors (Lipinski definition) is 5. The third-order valence-corrected chi connectivity index (χ3v) is 8.06. The number of halogens is 2. The van der Waals surface area contributed by atoms with Crippen molar-refractivity contribution < 1.29 is 23.1 Å². The first-order valence-corrected chi connectivity index (χ1v) is 12.8. The van der Waals surface area contributed by atoms with Crippen LogP contribution in [-0.4, -0.2) is 129 Å². The molecule has 5 fully saturated rings. The van der Waals surface area contributed by atoms with E-state index in [2.05, 4.69) is 26.3 Å². The lowest BCUT2D eigenvalue weighted by Crippen LogP contribution is -2.67. The molecular formula is C22H38F2N8O3. The summed E-state index contributed by atoms with van der Waals surface area (Å²) in [5.74, 6) is -0.782. The highest BCUT2D eigenvalue weighted by Gasteiger charge is 2.48. The van der Waals surface area contributed by atoms with Crippen molar-refractivity contribution in [1.82, 2.24) is 36.2 Å². The Kier molecular flexibility index (Phi) is 7.82. The molecule has 7 atom stereocenters. The van der Waals surface area contributed by atoms with Crippen LogP contribution in [0.15, 0.2) is 0 Å². The summed E-state index contributed by atoms with van der Waals surface area (Å²) >= 11 is 0. The monoisotopic (exact) mass is 500 g/mol. The zero-order valence-electron chi connectivity index (χ0n) is 20.0. The zero-order chi connectivity index (χ0) is 24.5. The molecule has 0 bridgehead atoms. The number of hydrogen-bond acceptors (Lipinski definition) is 9. The van der Waals surface area contributed by atoms with Crippen LogP contribution in [-0.2, 0) is 14.3 Å².